The summed E-state index contributed by atoms with van der Waals surface area (Å²) in [6.45, 7) is 4.02. The molecule has 1 aromatic carbocycles. The van der Waals surface area contributed by atoms with Crippen molar-refractivity contribution in [2.75, 3.05) is 13.1 Å². The van der Waals surface area contributed by atoms with E-state index in [0.29, 0.717) is 18.8 Å². The van der Waals surface area contributed by atoms with Crippen LogP contribution in [0.15, 0.2) is 29.2 Å². The summed E-state index contributed by atoms with van der Waals surface area (Å²) >= 11 is 0. The molecule has 3 atom stereocenters. The van der Waals surface area contributed by atoms with E-state index in [9.17, 15) is 22.4 Å². The second kappa shape index (κ2) is 10.1. The maximum absolute atomic E-state index is 13.1. The number of esters is 1. The van der Waals surface area contributed by atoms with Gasteiger partial charge in [0.2, 0.25) is 10.0 Å². The highest BCUT2D eigenvalue weighted by molar-refractivity contribution is 7.89. The molecule has 2 aliphatic rings. The van der Waals surface area contributed by atoms with Crippen LogP contribution in [0.25, 0.3) is 0 Å². The number of rotatable bonds is 6. The zero-order valence-electron chi connectivity index (χ0n) is 18.1. The fraction of sp³-hybridized carbons (Fsp3) is 0.636. The lowest BCUT2D eigenvalue weighted by molar-refractivity contribution is -0.160. The van der Waals surface area contributed by atoms with E-state index < -0.39 is 33.8 Å². The minimum Gasteiger partial charge on any atom is -0.452 e. The number of nitrogens with zero attached hydrogens (tertiary/aromatic N) is 1. The molecule has 0 radical (unpaired) electrons. The van der Waals surface area contributed by atoms with Gasteiger partial charge >= 0.3 is 5.97 Å². The van der Waals surface area contributed by atoms with Crippen molar-refractivity contribution in [2.45, 2.75) is 69.4 Å². The quantitative estimate of drug-likeness (QED) is 0.668. The van der Waals surface area contributed by atoms with E-state index in [1.54, 1.807) is 6.92 Å². The van der Waals surface area contributed by atoms with Gasteiger partial charge in [-0.2, -0.15) is 4.31 Å². The molecule has 0 spiro atoms. The number of sulfonamides is 1. The predicted molar refractivity (Wildman–Crippen MR) is 113 cm³/mol. The second-order valence-electron chi connectivity index (χ2n) is 8.59. The Hall–Kier alpha value is -2.00. The summed E-state index contributed by atoms with van der Waals surface area (Å²) in [4.78, 5) is 25.0. The third-order valence-electron chi connectivity index (χ3n) is 6.34. The average Bonchev–Trinajstić information content (AvgIpc) is 2.75. The van der Waals surface area contributed by atoms with Crippen molar-refractivity contribution in [1.82, 2.24) is 9.62 Å². The summed E-state index contributed by atoms with van der Waals surface area (Å²) in [6.07, 6.45) is 4.02. The topological polar surface area (TPSA) is 92.8 Å². The third kappa shape index (κ3) is 5.83. The zero-order chi connectivity index (χ0) is 22.6. The highest BCUT2D eigenvalue weighted by atomic mass is 32.2. The summed E-state index contributed by atoms with van der Waals surface area (Å²) in [5, 5.41) is 3.00. The number of halogens is 1. The molecule has 0 unspecified atom stereocenters. The number of carbonyl (C=O) groups excluding carboxylic acids is 2. The molecule has 0 aromatic heterocycles. The van der Waals surface area contributed by atoms with Crippen LogP contribution in [0.5, 0.6) is 0 Å². The van der Waals surface area contributed by atoms with Crippen LogP contribution in [-0.4, -0.2) is 49.8 Å². The van der Waals surface area contributed by atoms with Crippen LogP contribution >= 0.6 is 0 Å². The smallest absolute Gasteiger partial charge is 0.309 e. The van der Waals surface area contributed by atoms with Crippen LogP contribution < -0.4 is 5.32 Å². The zero-order valence-corrected chi connectivity index (χ0v) is 18.9. The molecule has 7 nitrogen and oxygen atoms in total. The second-order valence-corrected chi connectivity index (χ2v) is 10.5. The van der Waals surface area contributed by atoms with Crippen molar-refractivity contribution >= 4 is 21.9 Å². The minimum absolute atomic E-state index is 0.0251. The van der Waals surface area contributed by atoms with E-state index in [1.165, 1.54) is 22.9 Å². The van der Waals surface area contributed by atoms with Crippen LogP contribution in [0.1, 0.15) is 52.4 Å². The first kappa shape index (κ1) is 23.7. The Kier molecular flexibility index (Phi) is 7.69. The van der Waals surface area contributed by atoms with E-state index in [2.05, 4.69) is 12.2 Å². The number of amides is 1. The molecular formula is C22H31FN2O5S. The first-order valence-electron chi connectivity index (χ1n) is 10.9. The number of piperidine rings is 1. The van der Waals surface area contributed by atoms with Crippen LogP contribution in [0.3, 0.4) is 0 Å². The van der Waals surface area contributed by atoms with Crippen molar-refractivity contribution in [1.29, 1.82) is 0 Å². The van der Waals surface area contributed by atoms with E-state index in [4.69, 9.17) is 4.74 Å². The fourth-order valence-electron chi connectivity index (χ4n) is 4.24. The maximum Gasteiger partial charge on any atom is 0.309 e. The molecule has 1 heterocycles. The van der Waals surface area contributed by atoms with Gasteiger partial charge in [0.25, 0.3) is 5.91 Å². The molecule has 0 bridgehead atoms. The summed E-state index contributed by atoms with van der Waals surface area (Å²) in [5.74, 6) is -1.31. The normalized spacial score (nSPS) is 24.4. The molecule has 3 rings (SSSR count). The molecule has 1 amide bonds. The summed E-state index contributed by atoms with van der Waals surface area (Å²) in [7, 11) is -3.74. The number of ether oxygens (including phenoxy) is 1. The molecule has 1 aromatic rings. The summed E-state index contributed by atoms with van der Waals surface area (Å²) < 4.78 is 45.1. The average molecular weight is 455 g/mol. The Morgan fingerprint density at radius 1 is 1.10 bits per heavy atom. The van der Waals surface area contributed by atoms with Crippen molar-refractivity contribution in [3.05, 3.63) is 30.1 Å². The number of nitrogens with one attached hydrogen (secondary N) is 1. The van der Waals surface area contributed by atoms with Crippen molar-refractivity contribution in [3.8, 4) is 0 Å². The molecule has 1 N–H and O–H groups in total. The van der Waals surface area contributed by atoms with Gasteiger partial charge in [0.05, 0.1) is 10.8 Å². The fourth-order valence-corrected chi connectivity index (χ4v) is 5.71. The lowest BCUT2D eigenvalue weighted by atomic mass is 9.86. The standard InChI is InChI=1S/C22H31FN2O5S/c1-15-5-3-4-6-20(15)24-21(26)16(2)30-22(27)17-11-13-25(14-12-17)31(28,29)19-9-7-18(23)8-10-19/h7-10,15-17,20H,3-6,11-14H2,1-2H3,(H,24,26)/t15-,16-,20+/m1/s1. The van der Waals surface area contributed by atoms with Crippen molar-refractivity contribution in [2.24, 2.45) is 11.8 Å². The molecule has 1 saturated carbocycles. The number of carbonyl (C=O) groups is 2. The SMILES string of the molecule is C[C@@H]1CCCC[C@@H]1NC(=O)[C@@H](C)OC(=O)C1CCN(S(=O)(=O)c2ccc(F)cc2)CC1. The molecule has 1 saturated heterocycles. The van der Waals surface area contributed by atoms with Gasteiger partial charge in [0.1, 0.15) is 5.82 Å². The highest BCUT2D eigenvalue weighted by Crippen LogP contribution is 2.26. The van der Waals surface area contributed by atoms with Crippen LogP contribution in [0.2, 0.25) is 0 Å². The first-order chi connectivity index (χ1) is 14.7. The number of hydrogen-bond acceptors (Lipinski definition) is 5. The predicted octanol–water partition coefficient (Wildman–Crippen LogP) is 2.85. The Morgan fingerprint density at radius 3 is 2.32 bits per heavy atom. The van der Waals surface area contributed by atoms with Gasteiger partial charge in [-0.3, -0.25) is 9.59 Å². The van der Waals surface area contributed by atoms with Crippen LogP contribution in [0.4, 0.5) is 4.39 Å². The Labute approximate surface area is 183 Å². The van der Waals surface area contributed by atoms with Crippen molar-refractivity contribution < 1.29 is 27.1 Å². The van der Waals surface area contributed by atoms with Gasteiger partial charge < -0.3 is 10.1 Å². The summed E-state index contributed by atoms with van der Waals surface area (Å²) in [6, 6.07) is 4.80. The lowest BCUT2D eigenvalue weighted by Gasteiger charge is -2.32. The lowest BCUT2D eigenvalue weighted by Crippen LogP contribution is -2.47. The Bertz CT molecular complexity index is 882. The van der Waals surface area contributed by atoms with E-state index in [-0.39, 0.29) is 29.9 Å². The van der Waals surface area contributed by atoms with Gasteiger partial charge in [-0.15, -0.1) is 0 Å². The van der Waals surface area contributed by atoms with E-state index in [0.717, 1.165) is 31.4 Å². The summed E-state index contributed by atoms with van der Waals surface area (Å²) in [5.41, 5.74) is 0. The molecular weight excluding hydrogens is 423 g/mol. The third-order valence-corrected chi connectivity index (χ3v) is 8.25. The largest absolute Gasteiger partial charge is 0.452 e. The Morgan fingerprint density at radius 2 is 1.71 bits per heavy atom. The van der Waals surface area contributed by atoms with Gasteiger partial charge in [-0.05, 0) is 62.8 Å². The monoisotopic (exact) mass is 454 g/mol. The van der Waals surface area contributed by atoms with Gasteiger partial charge in [0.15, 0.2) is 6.10 Å². The van der Waals surface area contributed by atoms with E-state index in [1.807, 2.05) is 0 Å². The highest BCUT2D eigenvalue weighted by Gasteiger charge is 2.34. The van der Waals surface area contributed by atoms with E-state index >= 15 is 0 Å². The molecule has 1 aliphatic heterocycles. The van der Waals surface area contributed by atoms with Gasteiger partial charge in [0, 0.05) is 19.1 Å². The van der Waals surface area contributed by atoms with Crippen LogP contribution in [-0.2, 0) is 24.3 Å². The number of benzene rings is 1. The molecule has 31 heavy (non-hydrogen) atoms. The molecule has 2 fully saturated rings. The van der Waals surface area contributed by atoms with Crippen molar-refractivity contribution in [3.63, 3.8) is 0 Å². The minimum atomic E-state index is -3.74. The van der Waals surface area contributed by atoms with Gasteiger partial charge in [-0.25, -0.2) is 12.8 Å². The van der Waals surface area contributed by atoms with Crippen LogP contribution in [0, 0.1) is 17.7 Å². The first-order valence-corrected chi connectivity index (χ1v) is 12.4. The Balaban J connectivity index is 1.49. The maximum atomic E-state index is 13.1. The number of hydrogen-bond donors (Lipinski definition) is 1. The molecule has 9 heteroatoms. The van der Waals surface area contributed by atoms with Gasteiger partial charge in [-0.1, -0.05) is 19.8 Å². The molecule has 172 valence electrons. The molecule has 1 aliphatic carbocycles.